The molecule has 1 aliphatic carbocycles. The van der Waals surface area contributed by atoms with Crippen LogP contribution < -0.4 is 21.6 Å². The number of rotatable bonds is 7. The third-order valence-corrected chi connectivity index (χ3v) is 7.18. The Kier molecular flexibility index (Phi) is 6.60. The van der Waals surface area contributed by atoms with Gasteiger partial charge < -0.3 is 16.1 Å². The van der Waals surface area contributed by atoms with E-state index in [1.54, 1.807) is 18.2 Å². The van der Waals surface area contributed by atoms with Gasteiger partial charge in [0, 0.05) is 40.2 Å². The molecule has 1 atom stereocenters. The second-order valence-corrected chi connectivity index (χ2v) is 10.3. The van der Waals surface area contributed by atoms with E-state index in [9.17, 15) is 10.5 Å². The molecule has 1 saturated carbocycles. The highest BCUT2D eigenvalue weighted by Gasteiger charge is 2.32. The lowest BCUT2D eigenvalue weighted by Gasteiger charge is -2.22. The SMILES string of the molecule is N#Cc1cccc(C(Nc2cc(Cl)c3ncc(C#N)c(Nc4cccc(Cl)c4)c3c2)C2=CN(C3CC3)NN2)c1. The van der Waals surface area contributed by atoms with Crippen molar-refractivity contribution in [2.45, 2.75) is 24.9 Å². The van der Waals surface area contributed by atoms with E-state index in [4.69, 9.17) is 23.2 Å². The second kappa shape index (κ2) is 10.4. The maximum absolute atomic E-state index is 9.85. The number of hydrogen-bond donors (Lipinski definition) is 4. The zero-order valence-electron chi connectivity index (χ0n) is 20.5. The molecule has 0 spiro atoms. The van der Waals surface area contributed by atoms with Crippen molar-refractivity contribution in [3.63, 3.8) is 0 Å². The van der Waals surface area contributed by atoms with Crippen LogP contribution in [-0.4, -0.2) is 16.0 Å². The first-order valence-electron chi connectivity index (χ1n) is 12.4. The fraction of sp³-hybridized carbons (Fsp3) is 0.138. The van der Waals surface area contributed by atoms with Crippen molar-refractivity contribution in [3.8, 4) is 12.1 Å². The van der Waals surface area contributed by atoms with Crippen molar-refractivity contribution in [2.24, 2.45) is 0 Å². The van der Waals surface area contributed by atoms with Crippen LogP contribution in [0.1, 0.15) is 35.6 Å². The summed E-state index contributed by atoms with van der Waals surface area (Å²) in [5, 5.41) is 30.0. The predicted octanol–water partition coefficient (Wildman–Crippen LogP) is 6.51. The van der Waals surface area contributed by atoms with Gasteiger partial charge in [0.05, 0.1) is 45.2 Å². The molecule has 0 saturated heterocycles. The minimum atomic E-state index is -0.320. The van der Waals surface area contributed by atoms with Crippen LogP contribution in [0.3, 0.4) is 0 Å². The van der Waals surface area contributed by atoms with Gasteiger partial charge in [-0.25, -0.2) is 0 Å². The lowest BCUT2D eigenvalue weighted by atomic mass is 10.0. The Labute approximate surface area is 235 Å². The van der Waals surface area contributed by atoms with E-state index in [1.165, 1.54) is 6.20 Å². The van der Waals surface area contributed by atoms with Crippen LogP contribution in [0.5, 0.6) is 0 Å². The van der Waals surface area contributed by atoms with Crippen LogP contribution in [0.2, 0.25) is 10.0 Å². The second-order valence-electron chi connectivity index (χ2n) is 9.42. The molecule has 6 rings (SSSR count). The Morgan fingerprint density at radius 1 is 1.00 bits per heavy atom. The Bertz CT molecular complexity index is 1700. The monoisotopic (exact) mass is 552 g/mol. The lowest BCUT2D eigenvalue weighted by molar-refractivity contribution is 0.260. The zero-order valence-corrected chi connectivity index (χ0v) is 22.1. The van der Waals surface area contributed by atoms with Crippen molar-refractivity contribution in [1.82, 2.24) is 21.0 Å². The van der Waals surface area contributed by atoms with Crippen LogP contribution in [0.4, 0.5) is 17.1 Å². The van der Waals surface area contributed by atoms with E-state index in [0.29, 0.717) is 43.8 Å². The van der Waals surface area contributed by atoms with Gasteiger partial charge in [0.2, 0.25) is 0 Å². The van der Waals surface area contributed by atoms with Crippen molar-refractivity contribution in [1.29, 1.82) is 10.5 Å². The van der Waals surface area contributed by atoms with E-state index in [1.807, 2.05) is 42.5 Å². The molecule has 10 heteroatoms. The van der Waals surface area contributed by atoms with Gasteiger partial charge >= 0.3 is 0 Å². The number of halogens is 2. The summed E-state index contributed by atoms with van der Waals surface area (Å²) in [5.41, 5.74) is 11.9. The maximum Gasteiger partial charge on any atom is 0.103 e. The number of benzene rings is 3. The third kappa shape index (κ3) is 5.14. The van der Waals surface area contributed by atoms with Gasteiger partial charge in [-0.3, -0.25) is 9.99 Å². The van der Waals surface area contributed by atoms with Gasteiger partial charge in [-0.1, -0.05) is 41.4 Å². The molecule has 3 aromatic carbocycles. The van der Waals surface area contributed by atoms with E-state index < -0.39 is 0 Å². The van der Waals surface area contributed by atoms with E-state index in [2.05, 4.69) is 49.9 Å². The van der Waals surface area contributed by atoms with Crippen LogP contribution in [0.15, 0.2) is 78.8 Å². The van der Waals surface area contributed by atoms with Crippen molar-refractivity contribution in [3.05, 3.63) is 105 Å². The van der Waals surface area contributed by atoms with Crippen LogP contribution >= 0.6 is 23.2 Å². The summed E-state index contributed by atoms with van der Waals surface area (Å²) in [7, 11) is 0. The third-order valence-electron chi connectivity index (χ3n) is 6.66. The zero-order chi connectivity index (χ0) is 26.9. The number of hydrogen-bond acceptors (Lipinski definition) is 8. The molecular weight excluding hydrogens is 531 g/mol. The van der Waals surface area contributed by atoms with Gasteiger partial charge in [0.15, 0.2) is 0 Å². The van der Waals surface area contributed by atoms with Gasteiger partial charge in [0.1, 0.15) is 6.07 Å². The number of hydrazine groups is 2. The number of nitriles is 2. The molecule has 2 heterocycles. The fourth-order valence-corrected chi connectivity index (χ4v) is 5.07. The van der Waals surface area contributed by atoms with Crippen molar-refractivity contribution < 1.29 is 0 Å². The van der Waals surface area contributed by atoms with Gasteiger partial charge in [-0.2, -0.15) is 10.5 Å². The molecule has 4 N–H and O–H groups in total. The number of aromatic nitrogens is 1. The first-order valence-corrected chi connectivity index (χ1v) is 13.1. The average Bonchev–Trinajstić information content (AvgIpc) is 3.69. The molecule has 39 heavy (non-hydrogen) atoms. The number of pyridine rings is 1. The van der Waals surface area contributed by atoms with Gasteiger partial charge in [-0.15, -0.1) is 5.53 Å². The molecule has 1 unspecified atom stereocenters. The largest absolute Gasteiger partial charge is 0.373 e. The maximum atomic E-state index is 9.85. The Morgan fingerprint density at radius 3 is 2.62 bits per heavy atom. The van der Waals surface area contributed by atoms with E-state index >= 15 is 0 Å². The standard InChI is InChI=1S/C29H22Cl2N8/c30-20-5-2-6-21(10-20)35-27-19(14-33)15-34-29-24(27)11-22(12-25(29)31)36-28(18-4-1-3-17(9-18)13-32)26-16-39(38-37-26)23-7-8-23/h1-6,9-12,15-16,23,28,36-38H,7-8H2,(H,34,35). The highest BCUT2D eigenvalue weighted by atomic mass is 35.5. The summed E-state index contributed by atoms with van der Waals surface area (Å²) in [6.07, 6.45) is 5.84. The normalized spacial score (nSPS) is 15.2. The highest BCUT2D eigenvalue weighted by Crippen LogP contribution is 2.37. The van der Waals surface area contributed by atoms with Crippen molar-refractivity contribution >= 4 is 51.2 Å². The molecule has 192 valence electrons. The smallest absolute Gasteiger partial charge is 0.103 e. The minimum Gasteiger partial charge on any atom is -0.373 e. The molecule has 0 amide bonds. The first-order chi connectivity index (χ1) is 19.0. The lowest BCUT2D eigenvalue weighted by Crippen LogP contribution is -2.38. The number of fused-ring (bicyclic) bond motifs is 1. The number of nitrogens with one attached hydrogen (secondary N) is 4. The number of anilines is 3. The summed E-state index contributed by atoms with van der Waals surface area (Å²) in [6, 6.07) is 23.1. The topological polar surface area (TPSA) is 112 Å². The summed E-state index contributed by atoms with van der Waals surface area (Å²) in [4.78, 5) is 4.46. The molecule has 4 aromatic rings. The summed E-state index contributed by atoms with van der Waals surface area (Å²) >= 11 is 12.9. The van der Waals surface area contributed by atoms with E-state index in [0.717, 1.165) is 35.5 Å². The molecule has 0 bridgehead atoms. The highest BCUT2D eigenvalue weighted by molar-refractivity contribution is 6.36. The van der Waals surface area contributed by atoms with Crippen LogP contribution in [-0.2, 0) is 0 Å². The average molecular weight is 553 g/mol. The Hall–Kier alpha value is -4.47. The molecule has 0 radical (unpaired) electrons. The van der Waals surface area contributed by atoms with Gasteiger partial charge in [0.25, 0.3) is 0 Å². The molecular formula is C29H22Cl2N8. The van der Waals surface area contributed by atoms with Crippen LogP contribution in [0, 0.1) is 22.7 Å². The summed E-state index contributed by atoms with van der Waals surface area (Å²) in [6.45, 7) is 0. The number of nitrogens with zero attached hydrogens (tertiary/aromatic N) is 4. The summed E-state index contributed by atoms with van der Waals surface area (Å²) in [5.74, 6) is 0. The van der Waals surface area contributed by atoms with Crippen molar-refractivity contribution in [2.75, 3.05) is 10.6 Å². The van der Waals surface area contributed by atoms with Crippen LogP contribution in [0.25, 0.3) is 10.9 Å². The fourth-order valence-electron chi connectivity index (χ4n) is 4.61. The predicted molar refractivity (Wildman–Crippen MR) is 153 cm³/mol. The first kappa shape index (κ1) is 24.8. The molecule has 1 fully saturated rings. The molecule has 1 aliphatic heterocycles. The minimum absolute atomic E-state index is 0.320. The molecule has 8 nitrogen and oxygen atoms in total. The quantitative estimate of drug-likeness (QED) is 0.205. The van der Waals surface area contributed by atoms with Gasteiger partial charge in [-0.05, 0) is 60.9 Å². The van der Waals surface area contributed by atoms with E-state index in [-0.39, 0.29) is 6.04 Å². The Balaban J connectivity index is 1.43. The molecule has 1 aromatic heterocycles. The molecule has 2 aliphatic rings. The summed E-state index contributed by atoms with van der Waals surface area (Å²) < 4.78 is 0. The Morgan fingerprint density at radius 2 is 1.85 bits per heavy atom.